The summed E-state index contributed by atoms with van der Waals surface area (Å²) in [5.74, 6) is -0.359. The first-order valence-corrected chi connectivity index (χ1v) is 8.10. The smallest absolute Gasteiger partial charge is 0.264 e. The van der Waals surface area contributed by atoms with E-state index in [1.807, 2.05) is 11.0 Å². The van der Waals surface area contributed by atoms with Crippen LogP contribution in [-0.2, 0) is 9.59 Å². The molecule has 0 radical (unpaired) electrons. The van der Waals surface area contributed by atoms with Crippen LogP contribution in [0.3, 0.4) is 0 Å². The summed E-state index contributed by atoms with van der Waals surface area (Å²) < 4.78 is 0. The van der Waals surface area contributed by atoms with Crippen LogP contribution >= 0.6 is 0 Å². The van der Waals surface area contributed by atoms with Crippen molar-refractivity contribution in [1.29, 1.82) is 0 Å². The van der Waals surface area contributed by atoms with Crippen LogP contribution in [0.15, 0.2) is 23.9 Å². The molecular weight excluding hydrogens is 280 g/mol. The van der Waals surface area contributed by atoms with Crippen LogP contribution in [0.25, 0.3) is 0 Å². The summed E-state index contributed by atoms with van der Waals surface area (Å²) in [7, 11) is 0. The molecule has 2 heterocycles. The molecule has 1 unspecified atom stereocenters. The highest BCUT2D eigenvalue weighted by atomic mass is 16.2. The van der Waals surface area contributed by atoms with Gasteiger partial charge in [-0.25, -0.2) is 0 Å². The number of nitrogens with one attached hydrogen (secondary N) is 2. The maximum atomic E-state index is 12.7. The Balaban J connectivity index is 2.13. The average molecular weight is 306 g/mol. The van der Waals surface area contributed by atoms with Crippen LogP contribution in [0, 0.1) is 0 Å². The molecular formula is C16H26N4O2. The molecule has 2 aliphatic heterocycles. The summed E-state index contributed by atoms with van der Waals surface area (Å²) in [6.07, 6.45) is 9.35. The van der Waals surface area contributed by atoms with Gasteiger partial charge in [-0.2, -0.15) is 0 Å². The molecule has 2 aliphatic rings. The van der Waals surface area contributed by atoms with Crippen molar-refractivity contribution in [2.45, 2.75) is 51.2 Å². The molecule has 0 aromatic rings. The van der Waals surface area contributed by atoms with Gasteiger partial charge in [0.2, 0.25) is 5.91 Å². The number of carbonyl (C=O) groups excluding carboxylic acids is 2. The van der Waals surface area contributed by atoms with E-state index in [1.54, 1.807) is 12.2 Å². The molecule has 2 rings (SSSR count). The minimum Gasteiger partial charge on any atom is -0.364 e. The molecule has 6 nitrogen and oxygen atoms in total. The summed E-state index contributed by atoms with van der Waals surface area (Å²) in [5, 5.41) is 6.41. The largest absolute Gasteiger partial charge is 0.364 e. The molecule has 0 bridgehead atoms. The highest BCUT2D eigenvalue weighted by molar-refractivity contribution is 5.92. The lowest BCUT2D eigenvalue weighted by molar-refractivity contribution is -0.136. The maximum absolute atomic E-state index is 12.7. The fourth-order valence-corrected chi connectivity index (χ4v) is 2.96. The lowest BCUT2D eigenvalue weighted by atomic mass is 10.0. The third kappa shape index (κ3) is 4.10. The van der Waals surface area contributed by atoms with Gasteiger partial charge in [-0.05, 0) is 44.5 Å². The number of piperidine rings is 1. The Morgan fingerprint density at radius 2 is 2.09 bits per heavy atom. The van der Waals surface area contributed by atoms with Crippen LogP contribution in [0.2, 0.25) is 0 Å². The molecule has 0 aromatic carbocycles. The lowest BCUT2D eigenvalue weighted by Gasteiger charge is -2.40. The Labute approximate surface area is 131 Å². The SMILES string of the molecule is CCCCC(=O)N(C1CCNCC1)C1C=CC=C(C(N)=O)N1. The zero-order chi connectivity index (χ0) is 15.9. The number of dihydropyridines is 1. The first-order valence-electron chi connectivity index (χ1n) is 8.10. The Morgan fingerprint density at radius 3 is 2.73 bits per heavy atom. The monoisotopic (exact) mass is 306 g/mol. The molecule has 0 aliphatic carbocycles. The van der Waals surface area contributed by atoms with Gasteiger partial charge in [0.05, 0.1) is 0 Å². The van der Waals surface area contributed by atoms with Crippen LogP contribution in [0.5, 0.6) is 0 Å². The van der Waals surface area contributed by atoms with Crippen molar-refractivity contribution in [2.24, 2.45) is 5.73 Å². The number of carbonyl (C=O) groups is 2. The molecule has 22 heavy (non-hydrogen) atoms. The van der Waals surface area contributed by atoms with Gasteiger partial charge in [-0.3, -0.25) is 9.59 Å². The number of hydrogen-bond donors (Lipinski definition) is 3. The fraction of sp³-hybridized carbons (Fsp3) is 0.625. The standard InChI is InChI=1S/C16H26N4O2/c1-2-3-7-15(21)20(12-8-10-18-11-9-12)14-6-4-5-13(19-14)16(17)22/h4-6,12,14,18-19H,2-3,7-11H2,1H3,(H2,17,22). The topological polar surface area (TPSA) is 87.5 Å². The van der Waals surface area contributed by atoms with Crippen LogP contribution in [0.4, 0.5) is 0 Å². The van der Waals surface area contributed by atoms with Gasteiger partial charge in [-0.1, -0.05) is 19.4 Å². The van der Waals surface area contributed by atoms with Crippen LogP contribution in [-0.4, -0.2) is 42.0 Å². The molecule has 1 saturated heterocycles. The first-order chi connectivity index (χ1) is 10.6. The Bertz CT molecular complexity index is 467. The van der Waals surface area contributed by atoms with Crippen molar-refractivity contribution >= 4 is 11.8 Å². The minimum absolute atomic E-state index is 0.140. The predicted molar refractivity (Wildman–Crippen MR) is 85.6 cm³/mol. The Hall–Kier alpha value is -1.82. The van der Waals surface area contributed by atoms with Crippen molar-refractivity contribution in [3.63, 3.8) is 0 Å². The number of amides is 2. The second-order valence-corrected chi connectivity index (χ2v) is 5.80. The van der Waals surface area contributed by atoms with Crippen molar-refractivity contribution in [1.82, 2.24) is 15.5 Å². The van der Waals surface area contributed by atoms with Gasteiger partial charge < -0.3 is 21.3 Å². The number of hydrogen-bond acceptors (Lipinski definition) is 4. The molecule has 0 spiro atoms. The van der Waals surface area contributed by atoms with Gasteiger partial charge in [0.15, 0.2) is 0 Å². The van der Waals surface area contributed by atoms with E-state index in [2.05, 4.69) is 17.6 Å². The van der Waals surface area contributed by atoms with E-state index >= 15 is 0 Å². The van der Waals surface area contributed by atoms with Crippen molar-refractivity contribution in [3.8, 4) is 0 Å². The molecule has 0 aromatic heterocycles. The van der Waals surface area contributed by atoms with Gasteiger partial charge in [0, 0.05) is 12.5 Å². The van der Waals surface area contributed by atoms with E-state index in [9.17, 15) is 9.59 Å². The number of nitrogens with zero attached hydrogens (tertiary/aromatic N) is 1. The third-order valence-electron chi connectivity index (χ3n) is 4.16. The molecule has 122 valence electrons. The van der Waals surface area contributed by atoms with E-state index in [1.165, 1.54) is 0 Å². The third-order valence-corrected chi connectivity index (χ3v) is 4.16. The summed E-state index contributed by atoms with van der Waals surface area (Å²) in [6.45, 7) is 3.91. The lowest BCUT2D eigenvalue weighted by Crippen LogP contribution is -2.56. The second-order valence-electron chi connectivity index (χ2n) is 5.80. The quantitative estimate of drug-likeness (QED) is 0.671. The van der Waals surface area contributed by atoms with Crippen molar-refractivity contribution in [3.05, 3.63) is 23.9 Å². The average Bonchev–Trinajstić information content (AvgIpc) is 2.54. The maximum Gasteiger partial charge on any atom is 0.264 e. The molecule has 2 amide bonds. The fourth-order valence-electron chi connectivity index (χ4n) is 2.96. The highest BCUT2D eigenvalue weighted by Gasteiger charge is 2.31. The van der Waals surface area contributed by atoms with E-state index in [0.29, 0.717) is 12.1 Å². The van der Waals surface area contributed by atoms with Gasteiger partial charge in [0.25, 0.3) is 5.91 Å². The van der Waals surface area contributed by atoms with E-state index in [-0.39, 0.29) is 18.1 Å². The van der Waals surface area contributed by atoms with E-state index < -0.39 is 5.91 Å². The first kappa shape index (κ1) is 16.5. The van der Waals surface area contributed by atoms with Crippen LogP contribution in [0.1, 0.15) is 39.0 Å². The van der Waals surface area contributed by atoms with Gasteiger partial charge in [0.1, 0.15) is 11.9 Å². The molecule has 6 heteroatoms. The second kappa shape index (κ2) is 7.98. The summed E-state index contributed by atoms with van der Waals surface area (Å²) in [6, 6.07) is 0.194. The van der Waals surface area contributed by atoms with Gasteiger partial charge >= 0.3 is 0 Å². The number of allylic oxidation sites excluding steroid dienone is 2. The highest BCUT2D eigenvalue weighted by Crippen LogP contribution is 2.19. The van der Waals surface area contributed by atoms with E-state index in [4.69, 9.17) is 5.73 Å². The number of unbranched alkanes of at least 4 members (excludes halogenated alkanes) is 1. The zero-order valence-corrected chi connectivity index (χ0v) is 13.2. The number of primary amides is 1. The Kier molecular flexibility index (Phi) is 6.00. The van der Waals surface area contributed by atoms with Crippen molar-refractivity contribution in [2.75, 3.05) is 13.1 Å². The molecule has 0 saturated carbocycles. The normalized spacial score (nSPS) is 21.9. The summed E-state index contributed by atoms with van der Waals surface area (Å²) in [4.78, 5) is 26.0. The zero-order valence-electron chi connectivity index (χ0n) is 13.2. The molecule has 4 N–H and O–H groups in total. The number of rotatable bonds is 6. The predicted octanol–water partition coefficient (Wildman–Crippen LogP) is 0.612. The molecule has 1 fully saturated rings. The summed E-state index contributed by atoms with van der Waals surface area (Å²) in [5.41, 5.74) is 5.70. The van der Waals surface area contributed by atoms with Crippen molar-refractivity contribution < 1.29 is 9.59 Å². The van der Waals surface area contributed by atoms with E-state index in [0.717, 1.165) is 38.8 Å². The molecule has 1 atom stereocenters. The van der Waals surface area contributed by atoms with Gasteiger partial charge in [-0.15, -0.1) is 0 Å². The minimum atomic E-state index is -0.499. The van der Waals surface area contributed by atoms with Crippen LogP contribution < -0.4 is 16.4 Å². The number of nitrogens with two attached hydrogens (primary N) is 1. The Morgan fingerprint density at radius 1 is 1.36 bits per heavy atom. The summed E-state index contributed by atoms with van der Waals surface area (Å²) >= 11 is 0.